The number of halogens is 1. The monoisotopic (exact) mass is 299 g/mol. The predicted octanol–water partition coefficient (Wildman–Crippen LogP) is 4.03. The van der Waals surface area contributed by atoms with Crippen LogP contribution >= 0.6 is 15.9 Å². The van der Waals surface area contributed by atoms with Gasteiger partial charge in [0, 0.05) is 10.0 Å². The van der Waals surface area contributed by atoms with Crippen molar-refractivity contribution in [3.8, 4) is 0 Å². The van der Waals surface area contributed by atoms with Crippen molar-refractivity contribution >= 4 is 22.0 Å². The molecule has 0 aliphatic rings. The molecule has 0 radical (unpaired) electrons. The summed E-state index contributed by atoms with van der Waals surface area (Å²) in [4.78, 5) is 11.6. The number of carbonyl (C=O) groups is 1. The highest BCUT2D eigenvalue weighted by Gasteiger charge is 2.17. The lowest BCUT2D eigenvalue weighted by Gasteiger charge is -2.22. The standard InChI is InChI=1S/C13H18BrNO2/c1-9(10-6-5-7-11(14)8-10)17-12(16)15-13(2,3)4/h5-9H,1-4H3,(H,15,16)/t9-/m1/s1. The minimum atomic E-state index is -0.398. The van der Waals surface area contributed by atoms with Gasteiger partial charge in [0.15, 0.2) is 0 Å². The summed E-state index contributed by atoms with van der Waals surface area (Å²) >= 11 is 3.39. The molecular formula is C13H18BrNO2. The Bertz CT molecular complexity index is 399. The smallest absolute Gasteiger partial charge is 0.408 e. The van der Waals surface area contributed by atoms with E-state index in [9.17, 15) is 4.79 Å². The van der Waals surface area contributed by atoms with E-state index in [1.165, 1.54) is 0 Å². The molecule has 0 heterocycles. The second-order valence-corrected chi connectivity index (χ2v) is 5.89. The number of rotatable bonds is 2. The lowest BCUT2D eigenvalue weighted by atomic mass is 10.1. The van der Waals surface area contributed by atoms with Crippen LogP contribution in [0.2, 0.25) is 0 Å². The summed E-state index contributed by atoms with van der Waals surface area (Å²) in [6.45, 7) is 7.60. The zero-order valence-corrected chi connectivity index (χ0v) is 12.2. The van der Waals surface area contributed by atoms with E-state index in [0.29, 0.717) is 0 Å². The molecule has 0 aliphatic carbocycles. The van der Waals surface area contributed by atoms with Crippen molar-refractivity contribution in [2.24, 2.45) is 0 Å². The van der Waals surface area contributed by atoms with Crippen LogP contribution in [0.5, 0.6) is 0 Å². The van der Waals surface area contributed by atoms with Crippen molar-refractivity contribution in [3.05, 3.63) is 34.3 Å². The molecule has 17 heavy (non-hydrogen) atoms. The summed E-state index contributed by atoms with van der Waals surface area (Å²) in [6.07, 6.45) is -0.667. The molecule has 4 heteroatoms. The fourth-order valence-corrected chi connectivity index (χ4v) is 1.74. The van der Waals surface area contributed by atoms with Gasteiger partial charge in [0.1, 0.15) is 6.10 Å². The molecule has 94 valence electrons. The maximum Gasteiger partial charge on any atom is 0.408 e. The Hall–Kier alpha value is -1.03. The molecule has 0 unspecified atom stereocenters. The molecule has 3 nitrogen and oxygen atoms in total. The second kappa shape index (κ2) is 5.54. The largest absolute Gasteiger partial charge is 0.442 e. The lowest BCUT2D eigenvalue weighted by molar-refractivity contribution is 0.100. The van der Waals surface area contributed by atoms with Gasteiger partial charge in [-0.3, -0.25) is 0 Å². The molecule has 0 saturated heterocycles. The SMILES string of the molecule is C[C@@H](OC(=O)NC(C)(C)C)c1cccc(Br)c1. The van der Waals surface area contributed by atoms with E-state index in [0.717, 1.165) is 10.0 Å². The van der Waals surface area contributed by atoms with Gasteiger partial charge in [-0.15, -0.1) is 0 Å². The first-order valence-electron chi connectivity index (χ1n) is 5.52. The maximum absolute atomic E-state index is 11.6. The molecule has 0 bridgehead atoms. The third-order valence-electron chi connectivity index (χ3n) is 2.08. The van der Waals surface area contributed by atoms with Crippen LogP contribution in [0, 0.1) is 0 Å². The van der Waals surface area contributed by atoms with Gasteiger partial charge in [-0.1, -0.05) is 28.1 Å². The van der Waals surface area contributed by atoms with Crippen molar-refractivity contribution in [3.63, 3.8) is 0 Å². The zero-order chi connectivity index (χ0) is 13.1. The first kappa shape index (κ1) is 14.0. The minimum Gasteiger partial charge on any atom is -0.442 e. The number of nitrogens with one attached hydrogen (secondary N) is 1. The normalized spacial score (nSPS) is 13.0. The Balaban J connectivity index is 2.61. The summed E-state index contributed by atoms with van der Waals surface area (Å²) in [5, 5.41) is 2.76. The van der Waals surface area contributed by atoms with Crippen molar-refractivity contribution in [1.82, 2.24) is 5.32 Å². The second-order valence-electron chi connectivity index (χ2n) is 4.98. The van der Waals surface area contributed by atoms with Crippen LogP contribution in [0.3, 0.4) is 0 Å². The van der Waals surface area contributed by atoms with E-state index >= 15 is 0 Å². The number of ether oxygens (including phenoxy) is 1. The first-order valence-corrected chi connectivity index (χ1v) is 6.31. The quantitative estimate of drug-likeness (QED) is 0.895. The van der Waals surface area contributed by atoms with Crippen LogP contribution in [0.1, 0.15) is 39.4 Å². The van der Waals surface area contributed by atoms with Gasteiger partial charge in [-0.05, 0) is 45.4 Å². The van der Waals surface area contributed by atoms with Crippen LogP contribution in [0.15, 0.2) is 28.7 Å². The van der Waals surface area contributed by atoms with Crippen LogP contribution in [-0.4, -0.2) is 11.6 Å². The molecule has 1 N–H and O–H groups in total. The van der Waals surface area contributed by atoms with Crippen LogP contribution in [0.4, 0.5) is 4.79 Å². The van der Waals surface area contributed by atoms with Gasteiger partial charge in [0.2, 0.25) is 0 Å². The fourth-order valence-electron chi connectivity index (χ4n) is 1.32. The molecule has 0 fully saturated rings. The summed E-state index contributed by atoms with van der Waals surface area (Å²) in [5.41, 5.74) is 0.678. The molecule has 1 aromatic rings. The number of benzene rings is 1. The van der Waals surface area contributed by atoms with Gasteiger partial charge in [0.05, 0.1) is 0 Å². The van der Waals surface area contributed by atoms with E-state index in [-0.39, 0.29) is 11.6 Å². The minimum absolute atomic E-state index is 0.269. The topological polar surface area (TPSA) is 38.3 Å². The Kier molecular flexibility index (Phi) is 4.57. The maximum atomic E-state index is 11.6. The molecule has 0 saturated carbocycles. The van der Waals surface area contributed by atoms with Gasteiger partial charge in [-0.2, -0.15) is 0 Å². The van der Waals surface area contributed by atoms with Crippen LogP contribution in [-0.2, 0) is 4.74 Å². The van der Waals surface area contributed by atoms with Gasteiger partial charge >= 0.3 is 6.09 Å². The van der Waals surface area contributed by atoms with Crippen LogP contribution < -0.4 is 5.32 Å². The molecule has 0 spiro atoms. The highest BCUT2D eigenvalue weighted by Crippen LogP contribution is 2.20. The van der Waals surface area contributed by atoms with Gasteiger partial charge in [-0.25, -0.2) is 4.79 Å². The van der Waals surface area contributed by atoms with E-state index in [4.69, 9.17) is 4.74 Å². The third kappa shape index (κ3) is 5.22. The third-order valence-corrected chi connectivity index (χ3v) is 2.57. The molecule has 1 aromatic carbocycles. The van der Waals surface area contributed by atoms with Crippen LogP contribution in [0.25, 0.3) is 0 Å². The van der Waals surface area contributed by atoms with E-state index in [1.807, 2.05) is 52.0 Å². The Morgan fingerprint density at radius 3 is 2.59 bits per heavy atom. The van der Waals surface area contributed by atoms with Crippen molar-refractivity contribution in [2.45, 2.75) is 39.3 Å². The average Bonchev–Trinajstić information content (AvgIpc) is 2.14. The summed E-state index contributed by atoms with van der Waals surface area (Å²) in [5.74, 6) is 0. The summed E-state index contributed by atoms with van der Waals surface area (Å²) < 4.78 is 6.27. The Labute approximate surface area is 111 Å². The molecule has 0 aliphatic heterocycles. The van der Waals surface area contributed by atoms with E-state index < -0.39 is 6.09 Å². The van der Waals surface area contributed by atoms with Crippen molar-refractivity contribution in [1.29, 1.82) is 0 Å². The van der Waals surface area contributed by atoms with E-state index in [2.05, 4.69) is 21.2 Å². The molecule has 1 rings (SSSR count). The highest BCUT2D eigenvalue weighted by molar-refractivity contribution is 9.10. The molecule has 1 amide bonds. The zero-order valence-electron chi connectivity index (χ0n) is 10.6. The fraction of sp³-hybridized carbons (Fsp3) is 0.462. The molecule has 1 atom stereocenters. The average molecular weight is 300 g/mol. The number of hydrogen-bond donors (Lipinski definition) is 1. The Morgan fingerprint density at radius 1 is 1.41 bits per heavy atom. The number of amides is 1. The van der Waals surface area contributed by atoms with E-state index in [1.54, 1.807) is 0 Å². The number of hydrogen-bond acceptors (Lipinski definition) is 2. The highest BCUT2D eigenvalue weighted by atomic mass is 79.9. The summed E-state index contributed by atoms with van der Waals surface area (Å²) in [6, 6.07) is 7.72. The van der Waals surface area contributed by atoms with Gasteiger partial charge < -0.3 is 10.1 Å². The number of alkyl carbamates (subject to hydrolysis) is 1. The first-order chi connectivity index (χ1) is 7.78. The van der Waals surface area contributed by atoms with Crippen molar-refractivity contribution in [2.75, 3.05) is 0 Å². The predicted molar refractivity (Wildman–Crippen MR) is 71.9 cm³/mol. The van der Waals surface area contributed by atoms with Gasteiger partial charge in [0.25, 0.3) is 0 Å². The van der Waals surface area contributed by atoms with Crippen molar-refractivity contribution < 1.29 is 9.53 Å². The Morgan fingerprint density at radius 2 is 2.06 bits per heavy atom. The molecule has 0 aromatic heterocycles. The lowest BCUT2D eigenvalue weighted by Crippen LogP contribution is -2.41. The molecular weight excluding hydrogens is 282 g/mol. The number of carbonyl (C=O) groups excluding carboxylic acids is 1. The summed E-state index contributed by atoms with van der Waals surface area (Å²) in [7, 11) is 0.